The molecule has 0 bridgehead atoms. The van der Waals surface area contributed by atoms with Gasteiger partial charge < -0.3 is 9.80 Å². The number of hydrogen-bond acceptors (Lipinski definition) is 4. The van der Waals surface area contributed by atoms with Gasteiger partial charge in [0.15, 0.2) is 5.17 Å². The van der Waals surface area contributed by atoms with E-state index in [-0.39, 0.29) is 0 Å². The van der Waals surface area contributed by atoms with Crippen LogP contribution in [0.2, 0.25) is 0 Å². The Morgan fingerprint density at radius 1 is 1.62 bits per heavy atom. The summed E-state index contributed by atoms with van der Waals surface area (Å²) in [6, 6.07) is 0. The van der Waals surface area contributed by atoms with Crippen molar-refractivity contribution in [3.05, 3.63) is 0 Å². The summed E-state index contributed by atoms with van der Waals surface area (Å²) < 4.78 is 0. The highest BCUT2D eigenvalue weighted by atomic mass is 79.9. The average molecular weight is 306 g/mol. The summed E-state index contributed by atoms with van der Waals surface area (Å²) in [5.74, 6) is 0.821. The van der Waals surface area contributed by atoms with E-state index in [0.29, 0.717) is 5.25 Å². The number of thioether (sulfide) groups is 1. The van der Waals surface area contributed by atoms with Crippen LogP contribution in [0.3, 0.4) is 0 Å². The van der Waals surface area contributed by atoms with E-state index in [1.165, 1.54) is 24.7 Å². The maximum absolute atomic E-state index is 4.61. The van der Waals surface area contributed by atoms with Crippen molar-refractivity contribution in [2.75, 3.05) is 45.6 Å². The zero-order chi connectivity index (χ0) is 11.5. The van der Waals surface area contributed by atoms with E-state index in [4.69, 9.17) is 0 Å². The van der Waals surface area contributed by atoms with E-state index in [1.807, 2.05) is 11.8 Å². The van der Waals surface area contributed by atoms with Gasteiger partial charge in [-0.15, -0.1) is 0 Å². The molecule has 0 aromatic rings. The van der Waals surface area contributed by atoms with Crippen molar-refractivity contribution in [2.24, 2.45) is 10.9 Å². The third kappa shape index (κ3) is 3.14. The van der Waals surface area contributed by atoms with Crippen molar-refractivity contribution in [3.63, 3.8) is 0 Å². The second-order valence-electron chi connectivity index (χ2n) is 4.81. The fourth-order valence-electron chi connectivity index (χ4n) is 2.34. The minimum atomic E-state index is 0.642. The highest BCUT2D eigenvalue weighted by Gasteiger charge is 2.25. The molecule has 16 heavy (non-hydrogen) atoms. The number of hydrogen-bond donors (Lipinski definition) is 0. The van der Waals surface area contributed by atoms with Crippen LogP contribution in [0.25, 0.3) is 0 Å². The van der Waals surface area contributed by atoms with Gasteiger partial charge in [-0.25, -0.2) is 0 Å². The molecule has 1 fully saturated rings. The molecule has 2 unspecified atom stereocenters. The van der Waals surface area contributed by atoms with E-state index in [9.17, 15) is 0 Å². The number of aliphatic imine (C=N–C) groups is 1. The molecule has 1 saturated heterocycles. The van der Waals surface area contributed by atoms with Gasteiger partial charge in [0.05, 0.1) is 6.54 Å². The Hall–Kier alpha value is 0.260. The maximum Gasteiger partial charge on any atom is 0.159 e. The Balaban J connectivity index is 1.78. The summed E-state index contributed by atoms with van der Waals surface area (Å²) in [6.45, 7) is 4.62. The molecule has 0 aromatic carbocycles. The van der Waals surface area contributed by atoms with Crippen molar-refractivity contribution >= 4 is 32.9 Å². The molecule has 0 N–H and O–H groups in total. The molecular weight excluding hydrogens is 286 g/mol. The molecule has 0 aliphatic carbocycles. The fraction of sp³-hybridized carbons (Fsp3) is 0.909. The molecule has 2 aliphatic rings. The van der Waals surface area contributed by atoms with Crippen LogP contribution in [0, 0.1) is 5.92 Å². The molecule has 2 heterocycles. The van der Waals surface area contributed by atoms with Crippen LogP contribution in [0.5, 0.6) is 0 Å². The standard InChI is InChI=1S/C11H20BrN3S/c1-14-4-3-9(7-14)8-15(2)11-13-6-10(5-12)16-11/h9-10H,3-8H2,1-2H3. The molecule has 0 radical (unpaired) electrons. The number of halogens is 1. The van der Waals surface area contributed by atoms with E-state index in [0.717, 1.165) is 24.3 Å². The molecule has 2 aliphatic heterocycles. The second-order valence-corrected chi connectivity index (χ2v) is 6.73. The lowest BCUT2D eigenvalue weighted by molar-refractivity contribution is 0.358. The van der Waals surface area contributed by atoms with E-state index in [1.54, 1.807) is 0 Å². The normalized spacial score (nSPS) is 30.8. The van der Waals surface area contributed by atoms with Crippen molar-refractivity contribution in [1.29, 1.82) is 0 Å². The summed E-state index contributed by atoms with van der Waals surface area (Å²) in [5.41, 5.74) is 0. The molecule has 92 valence electrons. The number of nitrogens with zero attached hydrogens (tertiary/aromatic N) is 3. The van der Waals surface area contributed by atoms with Crippen molar-refractivity contribution in [3.8, 4) is 0 Å². The van der Waals surface area contributed by atoms with Crippen molar-refractivity contribution in [1.82, 2.24) is 9.80 Å². The van der Waals surface area contributed by atoms with Gasteiger partial charge in [-0.3, -0.25) is 4.99 Å². The van der Waals surface area contributed by atoms with Crippen LogP contribution in [-0.2, 0) is 0 Å². The lowest BCUT2D eigenvalue weighted by Gasteiger charge is -2.22. The van der Waals surface area contributed by atoms with Gasteiger partial charge in [0.1, 0.15) is 0 Å². The molecule has 0 spiro atoms. The van der Waals surface area contributed by atoms with Gasteiger partial charge in [-0.1, -0.05) is 27.7 Å². The van der Waals surface area contributed by atoms with E-state index < -0.39 is 0 Å². The van der Waals surface area contributed by atoms with Crippen LogP contribution in [0.4, 0.5) is 0 Å². The van der Waals surface area contributed by atoms with Gasteiger partial charge in [0, 0.05) is 30.7 Å². The van der Waals surface area contributed by atoms with Crippen LogP contribution in [-0.4, -0.2) is 65.8 Å². The molecule has 2 rings (SSSR count). The Morgan fingerprint density at radius 2 is 2.44 bits per heavy atom. The minimum Gasteiger partial charge on any atom is -0.354 e. The predicted molar refractivity (Wildman–Crippen MR) is 75.7 cm³/mol. The number of rotatable bonds is 3. The largest absolute Gasteiger partial charge is 0.354 e. The first-order chi connectivity index (χ1) is 7.69. The highest BCUT2D eigenvalue weighted by molar-refractivity contribution is 9.09. The van der Waals surface area contributed by atoms with Gasteiger partial charge in [-0.05, 0) is 25.9 Å². The zero-order valence-electron chi connectivity index (χ0n) is 10.0. The predicted octanol–water partition coefficient (Wildman–Crippen LogP) is 1.74. The third-order valence-corrected chi connectivity index (χ3v) is 5.73. The Bertz CT molecular complexity index is 272. The second kappa shape index (κ2) is 5.74. The Labute approximate surface area is 111 Å². The maximum atomic E-state index is 4.61. The zero-order valence-corrected chi connectivity index (χ0v) is 12.4. The fourth-order valence-corrected chi connectivity index (χ4v) is 3.85. The summed E-state index contributed by atoms with van der Waals surface area (Å²) in [6.07, 6.45) is 1.33. The van der Waals surface area contributed by atoms with Crippen LogP contribution < -0.4 is 0 Å². The minimum absolute atomic E-state index is 0.642. The van der Waals surface area contributed by atoms with E-state index >= 15 is 0 Å². The molecule has 0 amide bonds. The summed E-state index contributed by atoms with van der Waals surface area (Å²) in [4.78, 5) is 9.38. The topological polar surface area (TPSA) is 18.8 Å². The third-order valence-electron chi connectivity index (χ3n) is 3.22. The van der Waals surface area contributed by atoms with Gasteiger partial charge in [-0.2, -0.15) is 0 Å². The Kier molecular flexibility index (Phi) is 4.56. The summed E-state index contributed by atoms with van der Waals surface area (Å²) >= 11 is 5.45. The van der Waals surface area contributed by atoms with Gasteiger partial charge >= 0.3 is 0 Å². The number of amidine groups is 1. The quantitative estimate of drug-likeness (QED) is 0.740. The van der Waals surface area contributed by atoms with Crippen LogP contribution >= 0.6 is 27.7 Å². The summed E-state index contributed by atoms with van der Waals surface area (Å²) in [7, 11) is 4.39. The number of likely N-dealkylation sites (tertiary alicyclic amines) is 1. The van der Waals surface area contributed by atoms with Crippen molar-refractivity contribution in [2.45, 2.75) is 11.7 Å². The first kappa shape index (κ1) is 12.7. The van der Waals surface area contributed by atoms with Crippen LogP contribution in [0.15, 0.2) is 4.99 Å². The van der Waals surface area contributed by atoms with Gasteiger partial charge in [0.2, 0.25) is 0 Å². The van der Waals surface area contributed by atoms with E-state index in [2.05, 4.69) is 44.8 Å². The first-order valence-electron chi connectivity index (χ1n) is 5.85. The molecule has 0 saturated carbocycles. The highest BCUT2D eigenvalue weighted by Crippen LogP contribution is 2.25. The monoisotopic (exact) mass is 305 g/mol. The molecular formula is C11H20BrN3S. The molecule has 5 heteroatoms. The van der Waals surface area contributed by atoms with Gasteiger partial charge in [0.25, 0.3) is 0 Å². The smallest absolute Gasteiger partial charge is 0.159 e. The Morgan fingerprint density at radius 3 is 3.00 bits per heavy atom. The van der Waals surface area contributed by atoms with Crippen LogP contribution in [0.1, 0.15) is 6.42 Å². The lowest BCUT2D eigenvalue weighted by atomic mass is 10.1. The molecule has 3 nitrogen and oxygen atoms in total. The first-order valence-corrected chi connectivity index (χ1v) is 7.86. The molecule has 0 aromatic heterocycles. The van der Waals surface area contributed by atoms with Crippen molar-refractivity contribution < 1.29 is 0 Å². The number of alkyl halides is 1. The summed E-state index contributed by atoms with van der Waals surface area (Å²) in [5, 5.41) is 2.92. The molecule has 2 atom stereocenters. The average Bonchev–Trinajstić information content (AvgIpc) is 2.87. The SMILES string of the molecule is CN1CCC(CN(C)C2=NCC(CBr)S2)C1. The lowest BCUT2D eigenvalue weighted by Crippen LogP contribution is -2.30.